The molecule has 5 heteroatoms. The Morgan fingerprint density at radius 1 is 1.06 bits per heavy atom. The molecule has 1 aliphatic carbocycles. The van der Waals surface area contributed by atoms with Crippen molar-refractivity contribution in [1.82, 2.24) is 10.2 Å². The summed E-state index contributed by atoms with van der Waals surface area (Å²) in [5, 5.41) is 3.87. The number of carbonyl (C=O) groups is 2. The van der Waals surface area contributed by atoms with E-state index in [0.29, 0.717) is 18.0 Å². The Kier molecular flexibility index (Phi) is 8.53. The van der Waals surface area contributed by atoms with Crippen LogP contribution in [0, 0.1) is 6.92 Å². The second-order valence-corrected chi connectivity index (χ2v) is 8.96. The van der Waals surface area contributed by atoms with Crippen molar-refractivity contribution in [3.8, 4) is 0 Å². The molecular weight excluding hydrogens is 408 g/mol. The third-order valence-corrected chi connectivity index (χ3v) is 6.46. The van der Waals surface area contributed by atoms with Gasteiger partial charge in [0.15, 0.2) is 0 Å². The van der Waals surface area contributed by atoms with Crippen molar-refractivity contribution in [2.45, 2.75) is 77.4 Å². The van der Waals surface area contributed by atoms with E-state index in [4.69, 9.17) is 11.6 Å². The van der Waals surface area contributed by atoms with Crippen LogP contribution in [0.5, 0.6) is 0 Å². The van der Waals surface area contributed by atoms with Crippen LogP contribution in [0.4, 0.5) is 0 Å². The first kappa shape index (κ1) is 23.3. The largest absolute Gasteiger partial charge is 0.352 e. The van der Waals surface area contributed by atoms with Crippen LogP contribution in [0.15, 0.2) is 48.5 Å². The Labute approximate surface area is 191 Å². The van der Waals surface area contributed by atoms with Crippen LogP contribution >= 0.6 is 11.6 Å². The normalized spacial score (nSPS) is 15.3. The number of hydrogen-bond acceptors (Lipinski definition) is 2. The predicted octanol–water partition coefficient (Wildman–Crippen LogP) is 5.45. The van der Waals surface area contributed by atoms with Crippen molar-refractivity contribution in [3.05, 3.63) is 70.2 Å². The first-order chi connectivity index (χ1) is 15.0. The Morgan fingerprint density at radius 3 is 2.39 bits per heavy atom. The molecular formula is C26H33ClN2O2. The van der Waals surface area contributed by atoms with Crippen molar-refractivity contribution < 1.29 is 9.59 Å². The number of nitrogens with zero attached hydrogens (tertiary/aromatic N) is 1. The maximum absolute atomic E-state index is 13.4. The second-order valence-electron chi connectivity index (χ2n) is 8.52. The maximum atomic E-state index is 13.4. The number of nitrogens with one attached hydrogen (secondary N) is 1. The van der Waals surface area contributed by atoms with Crippen LogP contribution in [0.25, 0.3) is 0 Å². The van der Waals surface area contributed by atoms with E-state index in [1.807, 2.05) is 50.2 Å². The smallest absolute Gasteiger partial charge is 0.243 e. The maximum Gasteiger partial charge on any atom is 0.243 e. The summed E-state index contributed by atoms with van der Waals surface area (Å²) < 4.78 is 0. The van der Waals surface area contributed by atoms with E-state index in [9.17, 15) is 9.59 Å². The van der Waals surface area contributed by atoms with E-state index in [1.54, 1.807) is 17.0 Å². The van der Waals surface area contributed by atoms with Gasteiger partial charge in [-0.05, 0) is 55.0 Å². The van der Waals surface area contributed by atoms with Gasteiger partial charge in [-0.3, -0.25) is 9.59 Å². The van der Waals surface area contributed by atoms with Gasteiger partial charge in [-0.25, -0.2) is 0 Å². The third kappa shape index (κ3) is 6.57. The van der Waals surface area contributed by atoms with Gasteiger partial charge >= 0.3 is 0 Å². The SMILES string of the molecule is CC[C@H](C(=O)NC1CCCCC1)N(Cc1ccccc1C)C(=O)Cc1ccc(Cl)cc1. The van der Waals surface area contributed by atoms with Crippen LogP contribution in [0.3, 0.4) is 0 Å². The summed E-state index contributed by atoms with van der Waals surface area (Å²) in [6.45, 7) is 4.45. The van der Waals surface area contributed by atoms with E-state index in [1.165, 1.54) is 6.42 Å². The van der Waals surface area contributed by atoms with E-state index in [-0.39, 0.29) is 24.3 Å². The minimum absolute atomic E-state index is 0.0348. The molecule has 0 aromatic heterocycles. The Morgan fingerprint density at radius 2 is 1.74 bits per heavy atom. The zero-order chi connectivity index (χ0) is 22.2. The predicted molar refractivity (Wildman–Crippen MR) is 126 cm³/mol. The monoisotopic (exact) mass is 440 g/mol. The summed E-state index contributed by atoms with van der Waals surface area (Å²) in [7, 11) is 0. The molecule has 3 rings (SSSR count). The highest BCUT2D eigenvalue weighted by molar-refractivity contribution is 6.30. The molecule has 0 radical (unpaired) electrons. The summed E-state index contributed by atoms with van der Waals surface area (Å²) >= 11 is 5.99. The molecule has 31 heavy (non-hydrogen) atoms. The number of aryl methyl sites for hydroxylation is 1. The lowest BCUT2D eigenvalue weighted by Crippen LogP contribution is -2.52. The topological polar surface area (TPSA) is 49.4 Å². The minimum atomic E-state index is -0.485. The number of amides is 2. The fourth-order valence-corrected chi connectivity index (χ4v) is 4.44. The third-order valence-electron chi connectivity index (χ3n) is 6.21. The van der Waals surface area contributed by atoms with Crippen LogP contribution in [0.1, 0.15) is 62.1 Å². The van der Waals surface area contributed by atoms with Crippen molar-refractivity contribution in [2.75, 3.05) is 0 Å². The lowest BCUT2D eigenvalue weighted by molar-refractivity contribution is -0.141. The molecule has 166 valence electrons. The molecule has 1 atom stereocenters. The van der Waals surface area contributed by atoms with Gasteiger partial charge in [0, 0.05) is 17.6 Å². The highest BCUT2D eigenvalue weighted by atomic mass is 35.5. The molecule has 0 unspecified atom stereocenters. The molecule has 0 spiro atoms. The molecule has 0 bridgehead atoms. The van der Waals surface area contributed by atoms with E-state index in [2.05, 4.69) is 5.32 Å². The number of hydrogen-bond donors (Lipinski definition) is 1. The molecule has 1 fully saturated rings. The van der Waals surface area contributed by atoms with E-state index in [0.717, 1.165) is 42.4 Å². The zero-order valence-corrected chi connectivity index (χ0v) is 19.3. The Bertz CT molecular complexity index is 875. The summed E-state index contributed by atoms with van der Waals surface area (Å²) in [5.41, 5.74) is 3.08. The van der Waals surface area contributed by atoms with Gasteiger partial charge in [0.25, 0.3) is 0 Å². The number of rotatable bonds is 8. The van der Waals surface area contributed by atoms with Gasteiger partial charge in [0.1, 0.15) is 6.04 Å². The van der Waals surface area contributed by atoms with Crippen LogP contribution in [0.2, 0.25) is 5.02 Å². The average molecular weight is 441 g/mol. The van der Waals surface area contributed by atoms with Gasteiger partial charge in [0.2, 0.25) is 11.8 Å². The van der Waals surface area contributed by atoms with Gasteiger partial charge in [0.05, 0.1) is 6.42 Å². The fraction of sp³-hybridized carbons (Fsp3) is 0.462. The standard InChI is InChI=1S/C26H33ClN2O2/c1-3-24(26(31)28-23-11-5-4-6-12-23)29(18-21-10-8-7-9-19(21)2)25(30)17-20-13-15-22(27)16-14-20/h7-10,13-16,23-24H,3-6,11-12,17-18H2,1-2H3,(H,28,31)/t24-/m1/s1. The lowest BCUT2D eigenvalue weighted by Gasteiger charge is -2.33. The zero-order valence-electron chi connectivity index (χ0n) is 18.6. The van der Waals surface area contributed by atoms with Gasteiger partial charge in [-0.1, -0.05) is 74.2 Å². The van der Waals surface area contributed by atoms with Crippen molar-refractivity contribution in [1.29, 1.82) is 0 Å². The first-order valence-corrected chi connectivity index (χ1v) is 11.7. The highest BCUT2D eigenvalue weighted by Crippen LogP contribution is 2.20. The first-order valence-electron chi connectivity index (χ1n) is 11.4. The van der Waals surface area contributed by atoms with Crippen molar-refractivity contribution in [2.24, 2.45) is 0 Å². The summed E-state index contributed by atoms with van der Waals surface area (Å²) in [6, 6.07) is 15.1. The quantitative estimate of drug-likeness (QED) is 0.593. The summed E-state index contributed by atoms with van der Waals surface area (Å²) in [5.74, 6) is -0.0799. The summed E-state index contributed by atoms with van der Waals surface area (Å²) in [4.78, 5) is 28.4. The fourth-order valence-electron chi connectivity index (χ4n) is 4.31. The molecule has 2 aromatic carbocycles. The van der Waals surface area contributed by atoms with Crippen LogP contribution in [-0.2, 0) is 22.6 Å². The van der Waals surface area contributed by atoms with Crippen molar-refractivity contribution in [3.63, 3.8) is 0 Å². The van der Waals surface area contributed by atoms with Gasteiger partial charge in [-0.2, -0.15) is 0 Å². The Balaban J connectivity index is 1.81. The molecule has 2 amide bonds. The van der Waals surface area contributed by atoms with Gasteiger partial charge < -0.3 is 10.2 Å². The minimum Gasteiger partial charge on any atom is -0.352 e. The molecule has 2 aromatic rings. The molecule has 1 saturated carbocycles. The molecule has 0 saturated heterocycles. The van der Waals surface area contributed by atoms with Crippen LogP contribution in [-0.4, -0.2) is 28.8 Å². The molecule has 1 N–H and O–H groups in total. The molecule has 0 heterocycles. The Hall–Kier alpha value is -2.33. The molecule has 4 nitrogen and oxygen atoms in total. The van der Waals surface area contributed by atoms with Gasteiger partial charge in [-0.15, -0.1) is 0 Å². The lowest BCUT2D eigenvalue weighted by atomic mass is 9.95. The van der Waals surface area contributed by atoms with Crippen molar-refractivity contribution >= 4 is 23.4 Å². The number of benzene rings is 2. The van der Waals surface area contributed by atoms with E-state index < -0.39 is 6.04 Å². The molecule has 0 aliphatic heterocycles. The second kappa shape index (κ2) is 11.3. The van der Waals surface area contributed by atoms with E-state index >= 15 is 0 Å². The number of carbonyl (C=O) groups excluding carboxylic acids is 2. The average Bonchev–Trinajstić information content (AvgIpc) is 2.77. The van der Waals surface area contributed by atoms with Crippen LogP contribution < -0.4 is 5.32 Å². The summed E-state index contributed by atoms with van der Waals surface area (Å²) in [6.07, 6.45) is 6.43. The number of halogens is 1. The highest BCUT2D eigenvalue weighted by Gasteiger charge is 2.30. The molecule has 1 aliphatic rings.